The summed E-state index contributed by atoms with van der Waals surface area (Å²) in [5.74, 6) is 0.371. The van der Waals surface area contributed by atoms with Gasteiger partial charge in [-0.05, 0) is 22.6 Å². The molecule has 2 N–H and O–H groups in total. The lowest BCUT2D eigenvalue weighted by Gasteiger charge is -2.21. The quantitative estimate of drug-likeness (QED) is 0.765. The maximum Gasteiger partial charge on any atom is 0.255 e. The molecule has 0 radical (unpaired) electrons. The number of halogens is 2. The van der Waals surface area contributed by atoms with Gasteiger partial charge in [-0.25, -0.2) is 8.78 Å². The molecule has 92 valence electrons. The Labute approximate surface area is 95.2 Å². The normalized spacial score (nSPS) is 11.3. The molecule has 2 rings (SSSR count). The van der Waals surface area contributed by atoms with Crippen LogP contribution in [0.15, 0.2) is 12.1 Å². The fourth-order valence-electron chi connectivity index (χ4n) is 1.43. The van der Waals surface area contributed by atoms with E-state index in [1.165, 1.54) is 9.53 Å². The van der Waals surface area contributed by atoms with Crippen LogP contribution in [0, 0.1) is 0 Å². The first kappa shape index (κ1) is 11.6. The molecule has 0 unspecified atom stereocenters. The minimum absolute atomic E-state index is 0.266. The maximum absolute atomic E-state index is 12.4. The van der Waals surface area contributed by atoms with Crippen LogP contribution < -0.4 is 10.6 Å². The Bertz CT molecular complexity index is 485. The zero-order chi connectivity index (χ0) is 12.3. The number of tetrazole rings is 1. The first-order valence-corrected chi connectivity index (χ1v) is 4.99. The number of fused-ring (bicyclic) bond motifs is 1. The van der Waals surface area contributed by atoms with Crippen molar-refractivity contribution < 1.29 is 8.78 Å². The van der Waals surface area contributed by atoms with Crippen molar-refractivity contribution in [3.8, 4) is 0 Å². The van der Waals surface area contributed by atoms with Gasteiger partial charge in [0.05, 0.1) is 6.54 Å². The Balaban J connectivity index is 2.26. The number of aromatic nitrogens is 5. The van der Waals surface area contributed by atoms with Crippen LogP contribution in [0.5, 0.6) is 0 Å². The van der Waals surface area contributed by atoms with Crippen molar-refractivity contribution in [2.75, 3.05) is 24.5 Å². The molecule has 0 aliphatic carbocycles. The summed E-state index contributed by atoms with van der Waals surface area (Å²) < 4.78 is 26.0. The SMILES string of the molecule is NCCN(CC(F)F)c1ccc2nnnn2n1. The van der Waals surface area contributed by atoms with E-state index >= 15 is 0 Å². The molecule has 0 aliphatic heterocycles. The van der Waals surface area contributed by atoms with Crippen molar-refractivity contribution in [3.05, 3.63) is 12.1 Å². The summed E-state index contributed by atoms with van der Waals surface area (Å²) in [4.78, 5) is 1.39. The summed E-state index contributed by atoms with van der Waals surface area (Å²) in [6.07, 6.45) is -2.45. The highest BCUT2D eigenvalue weighted by atomic mass is 19.3. The van der Waals surface area contributed by atoms with Crippen molar-refractivity contribution in [3.63, 3.8) is 0 Å². The molecule has 2 heterocycles. The van der Waals surface area contributed by atoms with Crippen LogP contribution in [-0.2, 0) is 0 Å². The van der Waals surface area contributed by atoms with E-state index in [-0.39, 0.29) is 6.54 Å². The minimum atomic E-state index is -2.45. The smallest absolute Gasteiger partial charge is 0.255 e. The van der Waals surface area contributed by atoms with Gasteiger partial charge in [0.25, 0.3) is 6.43 Å². The monoisotopic (exact) mass is 243 g/mol. The van der Waals surface area contributed by atoms with Crippen LogP contribution >= 0.6 is 0 Å². The number of anilines is 1. The second-order valence-corrected chi connectivity index (χ2v) is 3.34. The molecular formula is C8H11F2N7. The van der Waals surface area contributed by atoms with E-state index in [1.807, 2.05) is 0 Å². The van der Waals surface area contributed by atoms with Gasteiger partial charge >= 0.3 is 0 Å². The third kappa shape index (κ3) is 2.61. The van der Waals surface area contributed by atoms with Gasteiger partial charge in [0.2, 0.25) is 0 Å². The third-order valence-electron chi connectivity index (χ3n) is 2.14. The number of nitrogens with zero attached hydrogens (tertiary/aromatic N) is 6. The molecule has 2 aromatic rings. The standard InChI is InChI=1S/C8H11F2N7/c9-6(10)5-16(4-3-11)8-2-1-7-12-14-15-17(7)13-8/h1-2,6H,3-5,11H2. The second-order valence-electron chi connectivity index (χ2n) is 3.34. The zero-order valence-corrected chi connectivity index (χ0v) is 8.87. The molecule has 0 atom stereocenters. The Hall–Kier alpha value is -1.90. The van der Waals surface area contributed by atoms with Crippen LogP contribution in [0.3, 0.4) is 0 Å². The van der Waals surface area contributed by atoms with Crippen molar-refractivity contribution in [1.29, 1.82) is 0 Å². The van der Waals surface area contributed by atoms with Gasteiger partial charge < -0.3 is 10.6 Å². The van der Waals surface area contributed by atoms with E-state index in [9.17, 15) is 8.78 Å². The molecule has 0 fully saturated rings. The Morgan fingerprint density at radius 1 is 1.41 bits per heavy atom. The molecule has 9 heteroatoms. The number of alkyl halides is 2. The fourth-order valence-corrected chi connectivity index (χ4v) is 1.43. The molecule has 0 spiro atoms. The summed E-state index contributed by atoms with van der Waals surface area (Å²) >= 11 is 0. The van der Waals surface area contributed by atoms with Crippen molar-refractivity contribution in [1.82, 2.24) is 25.3 Å². The first-order valence-electron chi connectivity index (χ1n) is 4.99. The van der Waals surface area contributed by atoms with Crippen molar-refractivity contribution >= 4 is 11.5 Å². The highest BCUT2D eigenvalue weighted by Gasteiger charge is 2.14. The molecule has 0 amide bonds. The molecule has 0 bridgehead atoms. The van der Waals surface area contributed by atoms with Crippen LogP contribution in [0.2, 0.25) is 0 Å². The van der Waals surface area contributed by atoms with Gasteiger partial charge in [-0.1, -0.05) is 0 Å². The van der Waals surface area contributed by atoms with E-state index in [0.29, 0.717) is 18.0 Å². The lowest BCUT2D eigenvalue weighted by molar-refractivity contribution is 0.154. The van der Waals surface area contributed by atoms with Gasteiger partial charge in [0.1, 0.15) is 0 Å². The topological polar surface area (TPSA) is 85.2 Å². The van der Waals surface area contributed by atoms with E-state index in [1.54, 1.807) is 12.1 Å². The van der Waals surface area contributed by atoms with Crippen molar-refractivity contribution in [2.24, 2.45) is 5.73 Å². The molecule has 0 aliphatic rings. The van der Waals surface area contributed by atoms with Gasteiger partial charge in [-0.2, -0.15) is 0 Å². The third-order valence-corrected chi connectivity index (χ3v) is 2.14. The fraction of sp³-hybridized carbons (Fsp3) is 0.500. The van der Waals surface area contributed by atoms with Gasteiger partial charge in [-0.3, -0.25) is 0 Å². The number of hydrogen-bond donors (Lipinski definition) is 1. The number of hydrogen-bond acceptors (Lipinski definition) is 6. The Morgan fingerprint density at radius 2 is 2.24 bits per heavy atom. The average molecular weight is 243 g/mol. The highest BCUT2D eigenvalue weighted by molar-refractivity contribution is 5.44. The summed E-state index contributed by atoms with van der Waals surface area (Å²) in [5, 5.41) is 14.7. The van der Waals surface area contributed by atoms with E-state index in [0.717, 1.165) is 0 Å². The summed E-state index contributed by atoms with van der Waals surface area (Å²) in [5.41, 5.74) is 5.83. The summed E-state index contributed by atoms with van der Waals surface area (Å²) in [7, 11) is 0. The van der Waals surface area contributed by atoms with E-state index < -0.39 is 13.0 Å². The van der Waals surface area contributed by atoms with Gasteiger partial charge in [0, 0.05) is 13.1 Å². The van der Waals surface area contributed by atoms with Crippen molar-refractivity contribution in [2.45, 2.75) is 6.43 Å². The van der Waals surface area contributed by atoms with E-state index in [4.69, 9.17) is 5.73 Å². The molecule has 0 saturated carbocycles. The molecule has 2 aromatic heterocycles. The average Bonchev–Trinajstić information content (AvgIpc) is 2.74. The van der Waals surface area contributed by atoms with Gasteiger partial charge in [0.15, 0.2) is 11.5 Å². The first-order chi connectivity index (χ1) is 8.20. The van der Waals surface area contributed by atoms with Crippen LogP contribution in [0.4, 0.5) is 14.6 Å². The molecule has 0 aromatic carbocycles. The molecule has 17 heavy (non-hydrogen) atoms. The van der Waals surface area contributed by atoms with E-state index in [2.05, 4.69) is 20.6 Å². The predicted octanol–water partition coefficient (Wildman–Crippen LogP) is -0.451. The van der Waals surface area contributed by atoms with Crippen LogP contribution in [0.25, 0.3) is 5.65 Å². The zero-order valence-electron chi connectivity index (χ0n) is 8.87. The Kier molecular flexibility index (Phi) is 3.38. The maximum atomic E-state index is 12.4. The predicted molar refractivity (Wildman–Crippen MR) is 55.8 cm³/mol. The van der Waals surface area contributed by atoms with Crippen LogP contribution in [-0.4, -0.2) is 51.3 Å². The lowest BCUT2D eigenvalue weighted by atomic mass is 10.4. The second kappa shape index (κ2) is 4.95. The molecule has 7 nitrogen and oxygen atoms in total. The van der Waals surface area contributed by atoms with Crippen LogP contribution in [0.1, 0.15) is 0 Å². The molecular weight excluding hydrogens is 232 g/mol. The molecule has 0 saturated heterocycles. The number of rotatable bonds is 5. The van der Waals surface area contributed by atoms with Gasteiger partial charge in [-0.15, -0.1) is 14.8 Å². The largest absolute Gasteiger partial charge is 0.348 e. The summed E-state index contributed by atoms with van der Waals surface area (Å²) in [6.45, 7) is 0.144. The number of nitrogens with two attached hydrogens (primary N) is 1. The lowest BCUT2D eigenvalue weighted by Crippen LogP contribution is -2.34. The Morgan fingerprint density at radius 3 is 2.94 bits per heavy atom. The minimum Gasteiger partial charge on any atom is -0.348 e. The highest BCUT2D eigenvalue weighted by Crippen LogP contribution is 2.11. The summed E-state index contributed by atoms with van der Waals surface area (Å²) in [6, 6.07) is 3.20.